The third kappa shape index (κ3) is 3.58. The van der Waals surface area contributed by atoms with Crippen molar-refractivity contribution >= 4 is 28.1 Å². The van der Waals surface area contributed by atoms with Crippen molar-refractivity contribution in [2.75, 3.05) is 5.32 Å². The van der Waals surface area contributed by atoms with E-state index in [1.54, 1.807) is 13.8 Å². The number of aromatic nitrogens is 2. The topological polar surface area (TPSA) is 124 Å². The first-order valence-corrected chi connectivity index (χ1v) is 6.77. The zero-order valence-electron chi connectivity index (χ0n) is 11.4. The van der Waals surface area contributed by atoms with E-state index in [1.165, 1.54) is 35.6 Å². The molecule has 0 aliphatic carbocycles. The highest BCUT2D eigenvalue weighted by molar-refractivity contribution is 7.15. The van der Waals surface area contributed by atoms with Gasteiger partial charge in [0.1, 0.15) is 5.01 Å². The zero-order valence-corrected chi connectivity index (χ0v) is 12.2. The summed E-state index contributed by atoms with van der Waals surface area (Å²) in [6.45, 7) is 3.57. The van der Waals surface area contributed by atoms with E-state index in [2.05, 4.69) is 15.5 Å². The quantitative estimate of drug-likeness (QED) is 0.656. The van der Waals surface area contributed by atoms with Crippen LogP contribution in [0, 0.1) is 10.1 Å². The standard InChI is InChI=1S/C12H13N5O3S/c1-12(2,13)10-15-16-11(21-10)14-9(18)7-3-5-8(6-4-7)17(19)20/h3-6H,13H2,1-2H3,(H,14,16,18). The number of anilines is 1. The van der Waals surface area contributed by atoms with Crippen LogP contribution in [-0.2, 0) is 5.54 Å². The van der Waals surface area contributed by atoms with Gasteiger partial charge in [-0.3, -0.25) is 20.2 Å². The van der Waals surface area contributed by atoms with E-state index in [1.807, 2.05) is 0 Å². The first-order chi connectivity index (χ1) is 9.77. The van der Waals surface area contributed by atoms with Crippen LogP contribution in [0.4, 0.5) is 10.8 Å². The molecule has 0 fully saturated rings. The number of hydrogen-bond acceptors (Lipinski definition) is 7. The van der Waals surface area contributed by atoms with Crippen molar-refractivity contribution in [3.63, 3.8) is 0 Å². The summed E-state index contributed by atoms with van der Waals surface area (Å²) in [5.41, 5.74) is 5.48. The maximum absolute atomic E-state index is 12.0. The van der Waals surface area contributed by atoms with Crippen LogP contribution in [0.25, 0.3) is 0 Å². The normalized spacial score (nSPS) is 11.2. The molecule has 0 radical (unpaired) electrons. The van der Waals surface area contributed by atoms with Crippen molar-refractivity contribution in [2.45, 2.75) is 19.4 Å². The summed E-state index contributed by atoms with van der Waals surface area (Å²) in [6, 6.07) is 5.29. The van der Waals surface area contributed by atoms with Crippen LogP contribution in [-0.4, -0.2) is 21.0 Å². The van der Waals surface area contributed by atoms with Crippen LogP contribution in [0.1, 0.15) is 29.2 Å². The average molecular weight is 307 g/mol. The first-order valence-electron chi connectivity index (χ1n) is 5.96. The molecule has 21 heavy (non-hydrogen) atoms. The molecule has 0 atom stereocenters. The Morgan fingerprint density at radius 2 is 1.95 bits per heavy atom. The third-order valence-electron chi connectivity index (χ3n) is 2.54. The predicted octanol–water partition coefficient (Wildman–Crippen LogP) is 1.89. The molecule has 1 amide bonds. The van der Waals surface area contributed by atoms with Crippen LogP contribution in [0.15, 0.2) is 24.3 Å². The fourth-order valence-corrected chi connectivity index (χ4v) is 2.19. The van der Waals surface area contributed by atoms with E-state index >= 15 is 0 Å². The van der Waals surface area contributed by atoms with Gasteiger partial charge in [0.2, 0.25) is 5.13 Å². The number of nitrogens with two attached hydrogens (primary N) is 1. The van der Waals surface area contributed by atoms with Crippen molar-refractivity contribution in [3.05, 3.63) is 45.0 Å². The Balaban J connectivity index is 2.11. The van der Waals surface area contributed by atoms with Crippen molar-refractivity contribution in [3.8, 4) is 0 Å². The highest BCUT2D eigenvalue weighted by Gasteiger charge is 2.20. The molecule has 0 bridgehead atoms. The van der Waals surface area contributed by atoms with Gasteiger partial charge in [0.25, 0.3) is 11.6 Å². The number of nitrogens with zero attached hydrogens (tertiary/aromatic N) is 3. The minimum atomic E-state index is -0.631. The lowest BCUT2D eigenvalue weighted by molar-refractivity contribution is -0.384. The average Bonchev–Trinajstić information content (AvgIpc) is 2.87. The summed E-state index contributed by atoms with van der Waals surface area (Å²) >= 11 is 1.18. The number of benzene rings is 1. The minimum absolute atomic E-state index is 0.0744. The Kier molecular flexibility index (Phi) is 3.96. The van der Waals surface area contributed by atoms with Crippen LogP contribution in [0.2, 0.25) is 0 Å². The largest absolute Gasteiger partial charge is 0.320 e. The Morgan fingerprint density at radius 3 is 2.43 bits per heavy atom. The van der Waals surface area contributed by atoms with Gasteiger partial charge in [-0.25, -0.2) is 0 Å². The van der Waals surface area contributed by atoms with Crippen LogP contribution < -0.4 is 11.1 Å². The van der Waals surface area contributed by atoms with Gasteiger partial charge in [-0.05, 0) is 26.0 Å². The molecule has 3 N–H and O–H groups in total. The molecule has 8 nitrogen and oxygen atoms in total. The summed E-state index contributed by atoms with van der Waals surface area (Å²) in [5.74, 6) is -0.414. The second kappa shape index (κ2) is 5.54. The van der Waals surface area contributed by atoms with E-state index in [0.717, 1.165) is 0 Å². The van der Waals surface area contributed by atoms with Crippen molar-refractivity contribution in [1.29, 1.82) is 0 Å². The third-order valence-corrected chi connectivity index (χ3v) is 3.72. The number of nitro groups is 1. The second-order valence-electron chi connectivity index (χ2n) is 4.89. The van der Waals surface area contributed by atoms with Crippen LogP contribution in [0.3, 0.4) is 0 Å². The summed E-state index contributed by atoms with van der Waals surface area (Å²) in [5, 5.41) is 21.8. The molecule has 0 spiro atoms. The van der Waals surface area contributed by atoms with Crippen molar-refractivity contribution in [2.24, 2.45) is 5.73 Å². The SMILES string of the molecule is CC(C)(N)c1nnc(NC(=O)c2ccc([N+](=O)[O-])cc2)s1. The van der Waals surface area contributed by atoms with Crippen molar-refractivity contribution < 1.29 is 9.72 Å². The molecule has 2 aromatic rings. The molecular formula is C12H13N5O3S. The summed E-state index contributed by atoms with van der Waals surface area (Å²) in [6.07, 6.45) is 0. The maximum atomic E-state index is 12.0. The summed E-state index contributed by atoms with van der Waals surface area (Å²) < 4.78 is 0. The highest BCUT2D eigenvalue weighted by atomic mass is 32.1. The number of rotatable bonds is 4. The van der Waals surface area contributed by atoms with Gasteiger partial charge in [-0.2, -0.15) is 0 Å². The molecule has 0 saturated heterocycles. The molecule has 1 aromatic heterocycles. The second-order valence-corrected chi connectivity index (χ2v) is 5.87. The Morgan fingerprint density at radius 1 is 1.33 bits per heavy atom. The molecule has 0 unspecified atom stereocenters. The van der Waals surface area contributed by atoms with E-state index < -0.39 is 16.4 Å². The molecule has 0 aliphatic rings. The molecule has 0 saturated carbocycles. The lowest BCUT2D eigenvalue weighted by Crippen LogP contribution is -2.28. The number of carbonyl (C=O) groups excluding carboxylic acids is 1. The van der Waals surface area contributed by atoms with E-state index in [0.29, 0.717) is 15.7 Å². The van der Waals surface area contributed by atoms with Crippen LogP contribution in [0.5, 0.6) is 0 Å². The van der Waals surface area contributed by atoms with Gasteiger partial charge in [-0.1, -0.05) is 11.3 Å². The fourth-order valence-electron chi connectivity index (χ4n) is 1.44. The number of amides is 1. The number of non-ortho nitro benzene ring substituents is 1. The highest BCUT2D eigenvalue weighted by Crippen LogP contribution is 2.24. The van der Waals surface area contributed by atoms with Gasteiger partial charge in [0, 0.05) is 17.7 Å². The Hall–Kier alpha value is -2.39. The van der Waals surface area contributed by atoms with Gasteiger partial charge < -0.3 is 5.73 Å². The Bertz CT molecular complexity index is 675. The Labute approximate surface area is 124 Å². The van der Waals surface area contributed by atoms with Crippen molar-refractivity contribution in [1.82, 2.24) is 10.2 Å². The van der Waals surface area contributed by atoms with E-state index in [-0.39, 0.29) is 5.69 Å². The monoisotopic (exact) mass is 307 g/mol. The lowest BCUT2D eigenvalue weighted by Gasteiger charge is -2.12. The first kappa shape index (κ1) is 15.0. The molecular weight excluding hydrogens is 294 g/mol. The smallest absolute Gasteiger partial charge is 0.269 e. The minimum Gasteiger partial charge on any atom is -0.320 e. The number of nitrogens with one attached hydrogen (secondary N) is 1. The summed E-state index contributed by atoms with van der Waals surface area (Å²) in [7, 11) is 0. The molecule has 9 heteroatoms. The van der Waals surface area contributed by atoms with Gasteiger partial charge >= 0.3 is 0 Å². The zero-order chi connectivity index (χ0) is 15.6. The van der Waals surface area contributed by atoms with Gasteiger partial charge in [-0.15, -0.1) is 10.2 Å². The number of nitro benzene ring substituents is 1. The summed E-state index contributed by atoms with van der Waals surface area (Å²) in [4.78, 5) is 22.0. The lowest BCUT2D eigenvalue weighted by atomic mass is 10.1. The number of hydrogen-bond donors (Lipinski definition) is 2. The fraction of sp³-hybridized carbons (Fsp3) is 0.250. The predicted molar refractivity (Wildman–Crippen MR) is 78.2 cm³/mol. The van der Waals surface area contributed by atoms with Gasteiger partial charge in [0.15, 0.2) is 0 Å². The molecule has 1 heterocycles. The van der Waals surface area contributed by atoms with E-state index in [9.17, 15) is 14.9 Å². The molecule has 2 rings (SSSR count). The van der Waals surface area contributed by atoms with Crippen LogP contribution >= 0.6 is 11.3 Å². The number of carbonyl (C=O) groups is 1. The molecule has 0 aliphatic heterocycles. The maximum Gasteiger partial charge on any atom is 0.269 e. The molecule has 110 valence electrons. The molecule has 1 aromatic carbocycles. The van der Waals surface area contributed by atoms with E-state index in [4.69, 9.17) is 5.73 Å². The van der Waals surface area contributed by atoms with Gasteiger partial charge in [0.05, 0.1) is 10.5 Å².